The van der Waals surface area contributed by atoms with E-state index in [-0.39, 0.29) is 17.4 Å². The van der Waals surface area contributed by atoms with Gasteiger partial charge < -0.3 is 9.80 Å². The van der Waals surface area contributed by atoms with Crippen LogP contribution in [0.15, 0.2) is 48.5 Å². The van der Waals surface area contributed by atoms with E-state index in [1.54, 1.807) is 4.90 Å². The van der Waals surface area contributed by atoms with Crippen molar-refractivity contribution in [1.82, 2.24) is 14.9 Å². The maximum absolute atomic E-state index is 13.0. The lowest BCUT2D eigenvalue weighted by atomic mass is 10.0. The third-order valence-corrected chi connectivity index (χ3v) is 6.49. The number of nitrogens with zero attached hydrogens (tertiary/aromatic N) is 4. The van der Waals surface area contributed by atoms with E-state index in [4.69, 9.17) is 4.98 Å². The van der Waals surface area contributed by atoms with Crippen molar-refractivity contribution < 1.29 is 31.1 Å². The fourth-order valence-corrected chi connectivity index (χ4v) is 4.53. The molecule has 1 aliphatic heterocycles. The van der Waals surface area contributed by atoms with Crippen LogP contribution in [0.25, 0.3) is 11.4 Å². The average Bonchev–Trinajstić information content (AvgIpc) is 2.87. The van der Waals surface area contributed by atoms with Gasteiger partial charge in [-0.05, 0) is 49.2 Å². The first-order valence-corrected chi connectivity index (χ1v) is 12.0. The van der Waals surface area contributed by atoms with Crippen molar-refractivity contribution in [3.8, 4) is 11.4 Å². The van der Waals surface area contributed by atoms with Crippen LogP contribution in [-0.4, -0.2) is 47.0 Å². The molecule has 0 aliphatic carbocycles. The Morgan fingerprint density at radius 3 is 1.76 bits per heavy atom. The number of anilines is 1. The largest absolute Gasteiger partial charge is 0.416 e. The van der Waals surface area contributed by atoms with Gasteiger partial charge in [0.2, 0.25) is 0 Å². The van der Waals surface area contributed by atoms with Gasteiger partial charge in [0.05, 0.1) is 11.1 Å². The summed E-state index contributed by atoms with van der Waals surface area (Å²) in [6.45, 7) is 7.34. The molecular weight excluding hydrogens is 510 g/mol. The number of amides is 1. The van der Waals surface area contributed by atoms with Crippen LogP contribution in [0.1, 0.15) is 52.5 Å². The van der Waals surface area contributed by atoms with Gasteiger partial charge in [-0.15, -0.1) is 0 Å². The van der Waals surface area contributed by atoms with Gasteiger partial charge in [0.1, 0.15) is 5.82 Å². The van der Waals surface area contributed by atoms with Gasteiger partial charge in [-0.1, -0.05) is 26.0 Å². The van der Waals surface area contributed by atoms with Gasteiger partial charge in [0.15, 0.2) is 5.82 Å². The third kappa shape index (κ3) is 5.76. The molecule has 5 nitrogen and oxygen atoms in total. The Balaban J connectivity index is 1.55. The highest BCUT2D eigenvalue weighted by molar-refractivity contribution is 5.94. The van der Waals surface area contributed by atoms with Gasteiger partial charge >= 0.3 is 12.4 Å². The highest BCUT2D eigenvalue weighted by Crippen LogP contribution is 2.34. The summed E-state index contributed by atoms with van der Waals surface area (Å²) in [4.78, 5) is 25.8. The number of halogens is 6. The summed E-state index contributed by atoms with van der Waals surface area (Å²) in [5.74, 6) is 0.674. The van der Waals surface area contributed by atoms with Gasteiger partial charge in [-0.25, -0.2) is 9.97 Å². The molecule has 0 spiro atoms. The number of benzene rings is 2. The van der Waals surface area contributed by atoms with Gasteiger partial charge in [0.25, 0.3) is 5.91 Å². The quantitative estimate of drug-likeness (QED) is 0.354. The number of hydrogen-bond donors (Lipinski definition) is 0. The van der Waals surface area contributed by atoms with Crippen LogP contribution in [0.3, 0.4) is 0 Å². The van der Waals surface area contributed by atoms with Crippen molar-refractivity contribution in [3.63, 3.8) is 0 Å². The molecule has 0 unspecified atom stereocenters. The lowest BCUT2D eigenvalue weighted by molar-refractivity contribution is -0.138. The second-order valence-electron chi connectivity index (χ2n) is 9.45. The van der Waals surface area contributed by atoms with Crippen LogP contribution in [0.4, 0.5) is 32.2 Å². The second-order valence-corrected chi connectivity index (χ2v) is 9.45. The molecule has 38 heavy (non-hydrogen) atoms. The van der Waals surface area contributed by atoms with E-state index in [1.807, 2.05) is 25.7 Å². The van der Waals surface area contributed by atoms with E-state index in [0.29, 0.717) is 49.1 Å². The Morgan fingerprint density at radius 2 is 1.29 bits per heavy atom. The van der Waals surface area contributed by atoms with E-state index in [0.717, 1.165) is 29.8 Å². The Bertz CT molecular complexity index is 1290. The number of aromatic nitrogens is 2. The van der Waals surface area contributed by atoms with E-state index in [1.165, 1.54) is 24.3 Å². The van der Waals surface area contributed by atoms with Crippen LogP contribution in [-0.2, 0) is 12.4 Å². The fourth-order valence-electron chi connectivity index (χ4n) is 4.53. The van der Waals surface area contributed by atoms with Gasteiger partial charge in [0, 0.05) is 48.6 Å². The molecule has 3 aromatic rings. The molecule has 11 heteroatoms. The summed E-state index contributed by atoms with van der Waals surface area (Å²) < 4.78 is 77.5. The first-order valence-electron chi connectivity index (χ1n) is 12.0. The number of alkyl halides is 6. The molecule has 1 aliphatic rings. The summed E-state index contributed by atoms with van der Waals surface area (Å²) in [5.41, 5.74) is 0.672. The molecule has 1 saturated heterocycles. The second kappa shape index (κ2) is 10.3. The molecule has 1 fully saturated rings. The minimum Gasteiger partial charge on any atom is -0.353 e. The Hall–Kier alpha value is -3.63. The molecule has 202 valence electrons. The highest BCUT2D eigenvalue weighted by Gasteiger charge is 2.32. The fraction of sp³-hybridized carbons (Fsp3) is 0.370. The molecule has 0 saturated carbocycles. The Kier molecular flexibility index (Phi) is 7.40. The maximum Gasteiger partial charge on any atom is 0.416 e. The predicted octanol–water partition coefficient (Wildman–Crippen LogP) is 6.58. The summed E-state index contributed by atoms with van der Waals surface area (Å²) >= 11 is 0. The van der Waals surface area contributed by atoms with Crippen LogP contribution in [0.5, 0.6) is 0 Å². The molecule has 0 bridgehead atoms. The van der Waals surface area contributed by atoms with E-state index < -0.39 is 23.5 Å². The average molecular weight is 537 g/mol. The predicted molar refractivity (Wildman–Crippen MR) is 131 cm³/mol. The first kappa shape index (κ1) is 27.4. The number of carbonyl (C=O) groups excluding carboxylic acids is 1. The van der Waals surface area contributed by atoms with Crippen LogP contribution < -0.4 is 4.90 Å². The summed E-state index contributed by atoms with van der Waals surface area (Å²) in [5, 5.41) is 0. The SMILES string of the molecule is Cc1nc(-c2ccc(C(F)(F)F)cc2)nc(N2CCN(C(=O)c3ccc(C(F)(F)F)cc3)CC2)c1C(C)C. The lowest BCUT2D eigenvalue weighted by Gasteiger charge is -2.37. The first-order chi connectivity index (χ1) is 17.8. The van der Waals surface area contributed by atoms with Crippen LogP contribution >= 0.6 is 0 Å². The van der Waals surface area contributed by atoms with E-state index >= 15 is 0 Å². The van der Waals surface area contributed by atoms with E-state index in [2.05, 4.69) is 4.98 Å². The molecule has 1 aromatic heterocycles. The molecule has 0 radical (unpaired) electrons. The van der Waals surface area contributed by atoms with Crippen LogP contribution in [0.2, 0.25) is 0 Å². The number of hydrogen-bond acceptors (Lipinski definition) is 4. The smallest absolute Gasteiger partial charge is 0.353 e. The zero-order chi connectivity index (χ0) is 27.8. The molecule has 1 amide bonds. The molecule has 0 atom stereocenters. The topological polar surface area (TPSA) is 49.3 Å². The maximum atomic E-state index is 13.0. The van der Waals surface area contributed by atoms with Crippen molar-refractivity contribution in [2.24, 2.45) is 0 Å². The van der Waals surface area contributed by atoms with Crippen LogP contribution in [0, 0.1) is 6.92 Å². The van der Waals surface area contributed by atoms with Gasteiger partial charge in [-0.3, -0.25) is 4.79 Å². The highest BCUT2D eigenvalue weighted by atomic mass is 19.4. The van der Waals surface area contributed by atoms with Crippen molar-refractivity contribution in [1.29, 1.82) is 0 Å². The lowest BCUT2D eigenvalue weighted by Crippen LogP contribution is -2.49. The number of rotatable bonds is 4. The number of piperazine rings is 1. The standard InChI is InChI=1S/C27H26F6N4O/c1-16(2)22-17(3)34-23(18-4-8-20(9-5-18)26(28,29)30)35-24(22)36-12-14-37(15-13-36)25(38)19-6-10-21(11-7-19)27(31,32)33/h4-11,16H,12-15H2,1-3H3. The minimum absolute atomic E-state index is 0.0680. The van der Waals surface area contributed by atoms with Crippen molar-refractivity contribution in [3.05, 3.63) is 76.5 Å². The van der Waals surface area contributed by atoms with Gasteiger partial charge in [-0.2, -0.15) is 26.3 Å². The van der Waals surface area contributed by atoms with E-state index in [9.17, 15) is 31.1 Å². The third-order valence-electron chi connectivity index (χ3n) is 6.49. The molecule has 0 N–H and O–H groups in total. The molecule has 2 heterocycles. The van der Waals surface area contributed by atoms with Crippen molar-refractivity contribution in [2.75, 3.05) is 31.1 Å². The zero-order valence-electron chi connectivity index (χ0n) is 21.0. The summed E-state index contributed by atoms with van der Waals surface area (Å²) in [6, 6.07) is 8.83. The molecule has 4 rings (SSSR count). The molecular formula is C27H26F6N4O. The monoisotopic (exact) mass is 536 g/mol. The Morgan fingerprint density at radius 1 is 0.789 bits per heavy atom. The molecule has 2 aromatic carbocycles. The van der Waals surface area contributed by atoms with Crippen molar-refractivity contribution in [2.45, 2.75) is 39.0 Å². The normalized spacial score (nSPS) is 14.8. The Labute approximate surface area is 216 Å². The minimum atomic E-state index is -4.48. The number of aryl methyl sites for hydroxylation is 1. The summed E-state index contributed by atoms with van der Waals surface area (Å²) in [7, 11) is 0. The van der Waals surface area contributed by atoms with Crippen molar-refractivity contribution >= 4 is 11.7 Å². The summed E-state index contributed by atoms with van der Waals surface area (Å²) in [6.07, 6.45) is -8.92. The number of carbonyl (C=O) groups is 1. The zero-order valence-corrected chi connectivity index (χ0v) is 21.0.